The summed E-state index contributed by atoms with van der Waals surface area (Å²) in [7, 11) is 1.26. The third kappa shape index (κ3) is 15.1. The van der Waals surface area contributed by atoms with Gasteiger partial charge in [-0.1, -0.05) is 0 Å². The molecular weight excluding hydrogens is 256 g/mol. The minimum absolute atomic E-state index is 0.174. The summed E-state index contributed by atoms with van der Waals surface area (Å²) in [6, 6.07) is 0. The predicted molar refractivity (Wildman–Crippen MR) is 67.3 cm³/mol. The summed E-state index contributed by atoms with van der Waals surface area (Å²) in [4.78, 5) is 10.6. The molecule has 0 aromatic heterocycles. The first-order valence-electron chi connectivity index (χ1n) is 6.33. The topological polar surface area (TPSA) is 72.5 Å². The van der Waals surface area contributed by atoms with Crippen molar-refractivity contribution in [1.82, 2.24) is 0 Å². The lowest BCUT2D eigenvalue weighted by Gasteiger charge is -2.07. The minimum Gasteiger partial charge on any atom is -0.438 e. The molecule has 0 saturated heterocycles. The lowest BCUT2D eigenvalue weighted by molar-refractivity contribution is -0.00898. The molecule has 0 fully saturated rings. The van der Waals surface area contributed by atoms with Gasteiger partial charge < -0.3 is 28.4 Å². The first kappa shape index (κ1) is 18.1. The van der Waals surface area contributed by atoms with Crippen LogP contribution in [0.2, 0.25) is 0 Å². The van der Waals surface area contributed by atoms with Crippen molar-refractivity contribution in [2.24, 2.45) is 0 Å². The third-order valence-electron chi connectivity index (χ3n) is 1.93. The molecule has 0 radical (unpaired) electrons. The molecule has 0 aromatic carbocycles. The standard InChI is InChI=1S/C12H24O7/c1-3-15-4-5-16-6-7-17-8-9-18-10-11-19-12(13)14-2/h3-11H2,1-2H3. The van der Waals surface area contributed by atoms with Crippen LogP contribution in [-0.2, 0) is 28.4 Å². The molecule has 0 aliphatic rings. The maximum absolute atomic E-state index is 10.6. The fourth-order valence-corrected chi connectivity index (χ4v) is 1.05. The number of methoxy groups -OCH3 is 1. The van der Waals surface area contributed by atoms with E-state index >= 15 is 0 Å². The molecule has 0 aromatic rings. The number of carbonyl (C=O) groups is 1. The predicted octanol–water partition coefficient (Wildman–Crippen LogP) is 0.856. The fraction of sp³-hybridized carbons (Fsp3) is 0.917. The van der Waals surface area contributed by atoms with E-state index in [2.05, 4.69) is 9.47 Å². The number of ether oxygens (including phenoxy) is 6. The van der Waals surface area contributed by atoms with Crippen LogP contribution in [0.3, 0.4) is 0 Å². The third-order valence-corrected chi connectivity index (χ3v) is 1.93. The van der Waals surface area contributed by atoms with Gasteiger partial charge in [0, 0.05) is 6.61 Å². The highest BCUT2D eigenvalue weighted by molar-refractivity contribution is 5.59. The summed E-state index contributed by atoms with van der Waals surface area (Å²) in [6.45, 7) is 6.33. The summed E-state index contributed by atoms with van der Waals surface area (Å²) in [6.07, 6.45) is -0.705. The molecule has 114 valence electrons. The van der Waals surface area contributed by atoms with Gasteiger partial charge in [0.2, 0.25) is 0 Å². The van der Waals surface area contributed by atoms with Gasteiger partial charge in [-0.25, -0.2) is 4.79 Å². The second-order valence-corrected chi connectivity index (χ2v) is 3.34. The van der Waals surface area contributed by atoms with Crippen molar-refractivity contribution in [1.29, 1.82) is 0 Å². The van der Waals surface area contributed by atoms with Gasteiger partial charge in [-0.3, -0.25) is 0 Å². The van der Waals surface area contributed by atoms with Crippen molar-refractivity contribution in [3.8, 4) is 0 Å². The molecule has 0 amide bonds. The molecule has 0 spiro atoms. The summed E-state index contributed by atoms with van der Waals surface area (Å²) >= 11 is 0. The molecule has 0 N–H and O–H groups in total. The summed E-state index contributed by atoms with van der Waals surface area (Å²) in [5.74, 6) is 0. The fourth-order valence-electron chi connectivity index (χ4n) is 1.05. The van der Waals surface area contributed by atoms with Crippen LogP contribution in [0, 0.1) is 0 Å². The molecule has 0 saturated carbocycles. The van der Waals surface area contributed by atoms with Gasteiger partial charge in [-0.05, 0) is 6.92 Å². The second kappa shape index (κ2) is 15.2. The van der Waals surface area contributed by atoms with Crippen LogP contribution < -0.4 is 0 Å². The SMILES string of the molecule is CCOCCOCCOCCOCCOC(=O)OC. The molecule has 7 heteroatoms. The van der Waals surface area contributed by atoms with Crippen LogP contribution in [0.1, 0.15) is 6.92 Å². The Morgan fingerprint density at radius 3 is 1.58 bits per heavy atom. The van der Waals surface area contributed by atoms with E-state index in [1.807, 2.05) is 6.92 Å². The lowest BCUT2D eigenvalue weighted by Crippen LogP contribution is -2.14. The highest BCUT2D eigenvalue weighted by Crippen LogP contribution is 1.85. The zero-order chi connectivity index (χ0) is 14.2. The monoisotopic (exact) mass is 280 g/mol. The smallest absolute Gasteiger partial charge is 0.438 e. The van der Waals surface area contributed by atoms with Crippen LogP contribution in [0.4, 0.5) is 4.79 Å². The Balaban J connectivity index is 2.97. The molecule has 7 nitrogen and oxygen atoms in total. The van der Waals surface area contributed by atoms with Crippen LogP contribution in [0.25, 0.3) is 0 Å². The van der Waals surface area contributed by atoms with E-state index in [-0.39, 0.29) is 6.61 Å². The van der Waals surface area contributed by atoms with E-state index in [1.165, 1.54) is 7.11 Å². The normalized spacial score (nSPS) is 10.4. The van der Waals surface area contributed by atoms with Crippen LogP contribution >= 0.6 is 0 Å². The number of hydrogen-bond acceptors (Lipinski definition) is 7. The molecule has 0 heterocycles. The summed E-state index contributed by atoms with van der Waals surface area (Å²) in [5.41, 5.74) is 0. The van der Waals surface area contributed by atoms with Gasteiger partial charge in [0.25, 0.3) is 0 Å². The maximum Gasteiger partial charge on any atom is 0.508 e. The van der Waals surface area contributed by atoms with Gasteiger partial charge >= 0.3 is 6.16 Å². The van der Waals surface area contributed by atoms with Gasteiger partial charge in [0.1, 0.15) is 6.61 Å². The van der Waals surface area contributed by atoms with Crippen LogP contribution in [0.5, 0.6) is 0 Å². The van der Waals surface area contributed by atoms with Crippen molar-refractivity contribution in [2.75, 3.05) is 66.6 Å². The minimum atomic E-state index is -0.705. The highest BCUT2D eigenvalue weighted by Gasteiger charge is 1.98. The molecular formula is C12H24O7. The summed E-state index contributed by atoms with van der Waals surface area (Å²) < 4.78 is 29.7. The van der Waals surface area contributed by atoms with E-state index in [4.69, 9.17) is 18.9 Å². The molecule has 0 bridgehead atoms. The zero-order valence-corrected chi connectivity index (χ0v) is 11.7. The molecule has 0 unspecified atom stereocenters. The quantitative estimate of drug-likeness (QED) is 0.366. The molecule has 0 atom stereocenters. The van der Waals surface area contributed by atoms with Crippen molar-refractivity contribution in [3.05, 3.63) is 0 Å². The van der Waals surface area contributed by atoms with E-state index in [0.717, 1.165) is 0 Å². The Bertz CT molecular complexity index is 199. The number of carbonyl (C=O) groups excluding carboxylic acids is 1. The molecule has 19 heavy (non-hydrogen) atoms. The van der Waals surface area contributed by atoms with Crippen LogP contribution in [-0.4, -0.2) is 72.7 Å². The largest absolute Gasteiger partial charge is 0.508 e. The second-order valence-electron chi connectivity index (χ2n) is 3.34. The molecule has 0 rings (SSSR count). The van der Waals surface area contributed by atoms with Crippen molar-refractivity contribution < 1.29 is 33.2 Å². The first-order valence-corrected chi connectivity index (χ1v) is 6.33. The highest BCUT2D eigenvalue weighted by atomic mass is 16.7. The summed E-state index contributed by atoms with van der Waals surface area (Å²) in [5, 5.41) is 0. The van der Waals surface area contributed by atoms with Crippen LogP contribution in [0.15, 0.2) is 0 Å². The van der Waals surface area contributed by atoms with E-state index in [9.17, 15) is 4.79 Å². The Labute approximate surface area is 114 Å². The van der Waals surface area contributed by atoms with Crippen molar-refractivity contribution in [2.45, 2.75) is 6.92 Å². The van der Waals surface area contributed by atoms with Gasteiger partial charge in [-0.15, -0.1) is 0 Å². The maximum atomic E-state index is 10.6. The molecule has 0 aliphatic heterocycles. The molecule has 0 aliphatic carbocycles. The van der Waals surface area contributed by atoms with Crippen molar-refractivity contribution in [3.63, 3.8) is 0 Å². The van der Waals surface area contributed by atoms with E-state index in [1.54, 1.807) is 0 Å². The van der Waals surface area contributed by atoms with Gasteiger partial charge in [0.15, 0.2) is 0 Å². The Morgan fingerprint density at radius 1 is 0.737 bits per heavy atom. The zero-order valence-electron chi connectivity index (χ0n) is 11.7. The average Bonchev–Trinajstić information content (AvgIpc) is 2.43. The average molecular weight is 280 g/mol. The Kier molecular flexibility index (Phi) is 14.5. The van der Waals surface area contributed by atoms with Gasteiger partial charge in [-0.2, -0.15) is 0 Å². The van der Waals surface area contributed by atoms with E-state index in [0.29, 0.717) is 52.9 Å². The first-order chi connectivity index (χ1) is 9.31. The number of rotatable bonds is 13. The lowest BCUT2D eigenvalue weighted by atomic mass is 10.7. The number of hydrogen-bond donors (Lipinski definition) is 0. The van der Waals surface area contributed by atoms with Gasteiger partial charge in [0.05, 0.1) is 53.4 Å². The Morgan fingerprint density at radius 2 is 1.16 bits per heavy atom. The van der Waals surface area contributed by atoms with Crippen molar-refractivity contribution >= 4 is 6.16 Å². The van der Waals surface area contributed by atoms with E-state index < -0.39 is 6.16 Å². The Hall–Kier alpha value is -0.890.